The van der Waals surface area contributed by atoms with Crippen molar-refractivity contribution in [1.82, 2.24) is 9.80 Å². The summed E-state index contributed by atoms with van der Waals surface area (Å²) in [5, 5.41) is 18.3. The summed E-state index contributed by atoms with van der Waals surface area (Å²) in [4.78, 5) is 16.2. The summed E-state index contributed by atoms with van der Waals surface area (Å²) >= 11 is 0. The number of hydrogen-bond acceptors (Lipinski definition) is 5. The molecule has 1 amide bonds. The molecule has 0 aromatic heterocycles. The van der Waals surface area contributed by atoms with Gasteiger partial charge in [0.25, 0.3) is 0 Å². The second-order valence-corrected chi connectivity index (χ2v) is 5.34. The maximum Gasteiger partial charge on any atom is 0.222 e. The van der Waals surface area contributed by atoms with Gasteiger partial charge in [-0.3, -0.25) is 9.69 Å². The number of aliphatic hydroxyl groups excluding tert-OH is 1. The zero-order valence-electron chi connectivity index (χ0n) is 12.2. The number of nitrogens with two attached hydrogens (primary N) is 1. The minimum absolute atomic E-state index is 0.0741. The third-order valence-corrected chi connectivity index (χ3v) is 3.86. The molecule has 0 bridgehead atoms. The van der Waals surface area contributed by atoms with E-state index >= 15 is 0 Å². The Hall–Kier alpha value is -1.79. The molecule has 1 aromatic rings. The summed E-state index contributed by atoms with van der Waals surface area (Å²) in [7, 11) is 0. The zero-order chi connectivity index (χ0) is 15.2. The molecular weight excluding hydrogens is 270 g/mol. The van der Waals surface area contributed by atoms with Gasteiger partial charge in [-0.15, -0.1) is 0 Å². The van der Waals surface area contributed by atoms with Crippen LogP contribution in [-0.4, -0.2) is 65.3 Å². The second kappa shape index (κ2) is 7.28. The fourth-order valence-electron chi connectivity index (χ4n) is 2.53. The molecular formula is C15H23N3O3. The lowest BCUT2D eigenvalue weighted by atomic mass is 10.1. The first-order valence-corrected chi connectivity index (χ1v) is 7.28. The molecule has 1 heterocycles. The maximum absolute atomic E-state index is 12.2. The minimum Gasteiger partial charge on any atom is -0.506 e. The Kier molecular flexibility index (Phi) is 5.41. The minimum atomic E-state index is 0.0741. The second-order valence-electron chi connectivity index (χ2n) is 5.34. The number of phenolic OH excluding ortho intramolecular Hbond substituents is 1. The normalized spacial score (nSPS) is 16.1. The van der Waals surface area contributed by atoms with Crippen molar-refractivity contribution < 1.29 is 15.0 Å². The van der Waals surface area contributed by atoms with Crippen molar-refractivity contribution in [3.05, 3.63) is 23.8 Å². The van der Waals surface area contributed by atoms with Gasteiger partial charge >= 0.3 is 0 Å². The molecule has 2 rings (SSSR count). The van der Waals surface area contributed by atoms with Crippen LogP contribution in [0.5, 0.6) is 5.75 Å². The number of carbonyl (C=O) groups is 1. The number of carbonyl (C=O) groups excluding carboxylic acids is 1. The molecule has 6 nitrogen and oxygen atoms in total. The summed E-state index contributed by atoms with van der Waals surface area (Å²) in [5.41, 5.74) is 6.94. The van der Waals surface area contributed by atoms with E-state index in [1.54, 1.807) is 18.2 Å². The van der Waals surface area contributed by atoms with Crippen LogP contribution in [0, 0.1) is 0 Å². The average Bonchev–Trinajstić information content (AvgIpc) is 2.49. The van der Waals surface area contributed by atoms with Gasteiger partial charge in [-0.25, -0.2) is 0 Å². The van der Waals surface area contributed by atoms with Crippen molar-refractivity contribution in [2.24, 2.45) is 0 Å². The number of benzene rings is 1. The number of aromatic hydroxyl groups is 1. The summed E-state index contributed by atoms with van der Waals surface area (Å²) in [6, 6.07) is 5.06. The van der Waals surface area contributed by atoms with E-state index in [0.29, 0.717) is 25.1 Å². The van der Waals surface area contributed by atoms with Gasteiger partial charge in [0.1, 0.15) is 5.75 Å². The van der Waals surface area contributed by atoms with E-state index in [-0.39, 0.29) is 18.3 Å². The van der Waals surface area contributed by atoms with Gasteiger partial charge < -0.3 is 20.8 Å². The number of nitrogen functional groups attached to an aromatic ring is 1. The molecule has 1 aliphatic heterocycles. The lowest BCUT2D eigenvalue weighted by Crippen LogP contribution is -2.49. The smallest absolute Gasteiger partial charge is 0.222 e. The van der Waals surface area contributed by atoms with Crippen LogP contribution < -0.4 is 5.73 Å². The van der Waals surface area contributed by atoms with Gasteiger partial charge in [-0.2, -0.15) is 0 Å². The van der Waals surface area contributed by atoms with Crippen molar-refractivity contribution in [1.29, 1.82) is 0 Å². The van der Waals surface area contributed by atoms with Crippen LogP contribution in [0.2, 0.25) is 0 Å². The van der Waals surface area contributed by atoms with Gasteiger partial charge in [0.05, 0.1) is 12.3 Å². The number of phenols is 1. The maximum atomic E-state index is 12.2. The monoisotopic (exact) mass is 293 g/mol. The SMILES string of the molecule is Nc1cc(CCC(=O)N2CCN(CCO)CC2)ccc1O. The van der Waals surface area contributed by atoms with Gasteiger partial charge in [-0.05, 0) is 24.1 Å². The summed E-state index contributed by atoms with van der Waals surface area (Å²) in [5.74, 6) is 0.218. The lowest BCUT2D eigenvalue weighted by molar-refractivity contribution is -0.132. The van der Waals surface area contributed by atoms with E-state index in [9.17, 15) is 9.90 Å². The fourth-order valence-corrected chi connectivity index (χ4v) is 2.53. The number of anilines is 1. The first-order chi connectivity index (χ1) is 10.1. The highest BCUT2D eigenvalue weighted by molar-refractivity contribution is 5.76. The van der Waals surface area contributed by atoms with Crippen molar-refractivity contribution in [2.45, 2.75) is 12.8 Å². The third-order valence-electron chi connectivity index (χ3n) is 3.86. The van der Waals surface area contributed by atoms with Crippen LogP contribution in [0.15, 0.2) is 18.2 Å². The zero-order valence-corrected chi connectivity index (χ0v) is 12.2. The first-order valence-electron chi connectivity index (χ1n) is 7.28. The Balaban J connectivity index is 1.78. The predicted octanol–water partition coefficient (Wildman–Crippen LogP) is 0.0435. The van der Waals surface area contributed by atoms with Crippen LogP contribution in [0.3, 0.4) is 0 Å². The lowest BCUT2D eigenvalue weighted by Gasteiger charge is -2.34. The van der Waals surface area contributed by atoms with Gasteiger partial charge in [0.15, 0.2) is 0 Å². The summed E-state index contributed by atoms with van der Waals surface area (Å²) in [6.45, 7) is 3.91. The average molecular weight is 293 g/mol. The molecule has 4 N–H and O–H groups in total. The van der Waals surface area contributed by atoms with E-state index in [0.717, 1.165) is 31.7 Å². The Bertz CT molecular complexity index is 485. The molecule has 0 unspecified atom stereocenters. The number of piperazine rings is 1. The number of hydrogen-bond donors (Lipinski definition) is 3. The van der Waals surface area contributed by atoms with E-state index in [4.69, 9.17) is 10.8 Å². The predicted molar refractivity (Wildman–Crippen MR) is 80.9 cm³/mol. The molecule has 1 saturated heterocycles. The highest BCUT2D eigenvalue weighted by Crippen LogP contribution is 2.21. The van der Waals surface area contributed by atoms with Crippen LogP contribution in [0.25, 0.3) is 0 Å². The Morgan fingerprint density at radius 2 is 1.95 bits per heavy atom. The molecule has 0 saturated carbocycles. The number of amides is 1. The standard InChI is InChI=1S/C15H23N3O3/c16-13-11-12(1-3-14(13)20)2-4-15(21)18-7-5-17(6-8-18)9-10-19/h1,3,11,19-20H,2,4-10,16H2. The number of aliphatic hydroxyl groups is 1. The van der Waals surface area contributed by atoms with Crippen molar-refractivity contribution in [2.75, 3.05) is 45.1 Å². The fraction of sp³-hybridized carbons (Fsp3) is 0.533. The topological polar surface area (TPSA) is 90.0 Å². The van der Waals surface area contributed by atoms with E-state index in [2.05, 4.69) is 4.90 Å². The molecule has 116 valence electrons. The molecule has 0 aliphatic carbocycles. The molecule has 0 spiro atoms. The van der Waals surface area contributed by atoms with Crippen LogP contribution in [0.1, 0.15) is 12.0 Å². The molecule has 0 atom stereocenters. The number of nitrogens with zero attached hydrogens (tertiary/aromatic N) is 2. The summed E-state index contributed by atoms with van der Waals surface area (Å²) in [6.07, 6.45) is 1.07. The molecule has 1 aromatic carbocycles. The van der Waals surface area contributed by atoms with Crippen LogP contribution in [-0.2, 0) is 11.2 Å². The third kappa shape index (κ3) is 4.34. The van der Waals surface area contributed by atoms with E-state index in [1.807, 2.05) is 4.90 Å². The van der Waals surface area contributed by atoms with Crippen LogP contribution >= 0.6 is 0 Å². The largest absolute Gasteiger partial charge is 0.506 e. The molecule has 21 heavy (non-hydrogen) atoms. The first kappa shape index (κ1) is 15.6. The molecule has 0 radical (unpaired) electrons. The number of β-amino-alcohol motifs (C(OH)–C–C–N with tert-alkyl or cyclic N) is 1. The Morgan fingerprint density at radius 3 is 2.57 bits per heavy atom. The van der Waals surface area contributed by atoms with Crippen molar-refractivity contribution >= 4 is 11.6 Å². The highest BCUT2D eigenvalue weighted by Gasteiger charge is 2.20. The Labute approximate surface area is 124 Å². The number of rotatable bonds is 5. The number of aryl methyl sites for hydroxylation is 1. The Morgan fingerprint density at radius 1 is 1.24 bits per heavy atom. The van der Waals surface area contributed by atoms with Gasteiger partial charge in [-0.1, -0.05) is 6.07 Å². The quantitative estimate of drug-likeness (QED) is 0.527. The molecule has 6 heteroatoms. The summed E-state index contributed by atoms with van der Waals surface area (Å²) < 4.78 is 0. The molecule has 1 aliphatic rings. The van der Waals surface area contributed by atoms with E-state index in [1.165, 1.54) is 0 Å². The van der Waals surface area contributed by atoms with E-state index < -0.39 is 0 Å². The van der Waals surface area contributed by atoms with Crippen molar-refractivity contribution in [3.8, 4) is 5.75 Å². The molecule has 1 fully saturated rings. The van der Waals surface area contributed by atoms with Crippen molar-refractivity contribution in [3.63, 3.8) is 0 Å². The van der Waals surface area contributed by atoms with Gasteiger partial charge in [0.2, 0.25) is 5.91 Å². The van der Waals surface area contributed by atoms with Gasteiger partial charge in [0, 0.05) is 39.1 Å². The van der Waals surface area contributed by atoms with Crippen LogP contribution in [0.4, 0.5) is 5.69 Å². The highest BCUT2D eigenvalue weighted by atomic mass is 16.3.